The van der Waals surface area contributed by atoms with Crippen molar-refractivity contribution < 1.29 is 55.2 Å². The summed E-state index contributed by atoms with van der Waals surface area (Å²) in [7, 11) is -5.84. The molecule has 3 N–H and O–H groups in total. The zero-order valence-corrected chi connectivity index (χ0v) is 26.2. The summed E-state index contributed by atoms with van der Waals surface area (Å²) < 4.78 is 62.6. The van der Waals surface area contributed by atoms with Crippen LogP contribution in [0.4, 0.5) is 23.8 Å². The third-order valence-corrected chi connectivity index (χ3v) is 7.65. The van der Waals surface area contributed by atoms with E-state index < -0.39 is 45.5 Å². The molecule has 3 amide bonds. The lowest BCUT2D eigenvalue weighted by Gasteiger charge is -2.35. The second kappa shape index (κ2) is 16.3. The second-order valence-electron chi connectivity index (χ2n) is 10.4. The molecule has 0 aliphatic carbocycles. The van der Waals surface area contributed by atoms with Gasteiger partial charge in [0.05, 0.1) is 6.61 Å². The van der Waals surface area contributed by atoms with Gasteiger partial charge < -0.3 is 29.9 Å². The third kappa shape index (κ3) is 10.8. The maximum absolute atomic E-state index is 13.4. The minimum absolute atomic E-state index is 0.0758. The third-order valence-electron chi connectivity index (χ3n) is 7.07. The molecule has 2 aromatic rings. The Morgan fingerprint density at radius 1 is 0.979 bits per heavy atom. The fraction of sp³-hybridized carbons (Fsp3) is 0.500. The molecular weight excluding hydrogens is 653 g/mol. The van der Waals surface area contributed by atoms with E-state index in [4.69, 9.17) is 17.7 Å². The normalized spacial score (nSPS) is 15.7. The quantitative estimate of drug-likeness (QED) is 0.257. The number of carbonyl (C=O) groups is 4. The Bertz CT molecular complexity index is 1520. The van der Waals surface area contributed by atoms with Gasteiger partial charge in [0, 0.05) is 57.3 Å². The van der Waals surface area contributed by atoms with E-state index in [9.17, 15) is 37.5 Å². The number of carboxylic acid groups (broad SMARTS) is 1. The maximum atomic E-state index is 13.4. The lowest BCUT2D eigenvalue weighted by atomic mass is 10.1. The molecule has 258 valence electrons. The van der Waals surface area contributed by atoms with Crippen LogP contribution >= 0.6 is 0 Å². The highest BCUT2D eigenvalue weighted by atomic mass is 32.2. The van der Waals surface area contributed by atoms with Crippen LogP contribution in [-0.2, 0) is 24.4 Å². The average molecular weight is 689 g/mol. The van der Waals surface area contributed by atoms with Crippen LogP contribution in [0.5, 0.6) is 0 Å². The molecule has 0 unspecified atom stereocenters. The molecule has 3 heterocycles. The van der Waals surface area contributed by atoms with Crippen molar-refractivity contribution in [3.63, 3.8) is 0 Å². The highest BCUT2D eigenvalue weighted by Crippen LogP contribution is 2.24. The number of alkyl halides is 3. The Labute approximate surface area is 268 Å². The standard InChI is InChI=1S/C27H34N6O6.CHF3O3S/c1-2-39-27(38)33-16-14-32(15-17-33)26(37)20(10-11-23(34)35)29-25(36)21-18-22(31-12-6-7-13-31)30-24(28-21)19-8-4-3-5-9-19;2-1(3,4)8(5,6)7/h3-5,8-9,18,20H,2,6-7,10-17H2,1H3,(H,29,36)(H,34,35);(H,5,6,7)/t20-;/m0./s1. The van der Waals surface area contributed by atoms with Gasteiger partial charge in [-0.2, -0.15) is 21.6 Å². The molecule has 0 spiro atoms. The Kier molecular flexibility index (Phi) is 12.9. The lowest BCUT2D eigenvalue weighted by molar-refractivity contribution is -0.138. The zero-order valence-electron chi connectivity index (χ0n) is 25.4. The van der Waals surface area contributed by atoms with Crippen molar-refractivity contribution in [1.29, 1.82) is 0 Å². The molecule has 0 bridgehead atoms. The Hall–Kier alpha value is -4.52. The Morgan fingerprint density at radius 2 is 1.55 bits per heavy atom. The van der Waals surface area contributed by atoms with Crippen LogP contribution in [-0.4, -0.2) is 119 Å². The minimum atomic E-state index is -5.84. The number of piperazine rings is 1. The Morgan fingerprint density at radius 3 is 2.09 bits per heavy atom. The number of carboxylic acids is 1. The van der Waals surface area contributed by atoms with Gasteiger partial charge in [0.25, 0.3) is 5.91 Å². The first-order chi connectivity index (χ1) is 22.1. The van der Waals surface area contributed by atoms with Crippen molar-refractivity contribution in [3.05, 3.63) is 42.1 Å². The smallest absolute Gasteiger partial charge is 0.481 e. The van der Waals surface area contributed by atoms with Crippen LogP contribution in [0.1, 0.15) is 43.1 Å². The zero-order chi connectivity index (χ0) is 34.8. The molecule has 1 aromatic carbocycles. The SMILES string of the molecule is CCOC(=O)N1CCN(C(=O)[C@H](CCC(=O)O)NC(=O)c2cc(N3CCCC3)nc(-c3ccccc3)n2)CC1.O=S(=O)(O)C(F)(F)F. The van der Waals surface area contributed by atoms with Gasteiger partial charge in [0.2, 0.25) is 5.91 Å². The molecule has 1 atom stereocenters. The molecule has 19 heteroatoms. The first-order valence-electron chi connectivity index (χ1n) is 14.6. The fourth-order valence-corrected chi connectivity index (χ4v) is 4.68. The second-order valence-corrected chi connectivity index (χ2v) is 11.8. The van der Waals surface area contributed by atoms with Crippen LogP contribution in [0, 0.1) is 0 Å². The lowest BCUT2D eigenvalue weighted by Crippen LogP contribution is -2.56. The number of benzene rings is 1. The molecule has 4 rings (SSSR count). The van der Waals surface area contributed by atoms with Crippen molar-refractivity contribution >= 4 is 39.8 Å². The van der Waals surface area contributed by atoms with E-state index in [1.807, 2.05) is 30.3 Å². The summed E-state index contributed by atoms with van der Waals surface area (Å²) >= 11 is 0. The van der Waals surface area contributed by atoms with Crippen molar-refractivity contribution in [2.45, 2.75) is 44.2 Å². The molecule has 2 aliphatic heterocycles. The number of aromatic nitrogens is 2. The van der Waals surface area contributed by atoms with Gasteiger partial charge in [0.15, 0.2) is 5.82 Å². The van der Waals surface area contributed by atoms with Crippen molar-refractivity contribution in [1.82, 2.24) is 25.1 Å². The first-order valence-corrected chi connectivity index (χ1v) is 16.0. The number of carbonyl (C=O) groups excluding carboxylic acids is 3. The van der Waals surface area contributed by atoms with E-state index >= 15 is 0 Å². The highest BCUT2D eigenvalue weighted by molar-refractivity contribution is 7.86. The van der Waals surface area contributed by atoms with Crippen molar-refractivity contribution in [2.24, 2.45) is 0 Å². The minimum Gasteiger partial charge on any atom is -0.481 e. The number of nitrogens with one attached hydrogen (secondary N) is 1. The summed E-state index contributed by atoms with van der Waals surface area (Å²) in [6.45, 7) is 4.71. The number of nitrogens with zero attached hydrogens (tertiary/aromatic N) is 5. The maximum Gasteiger partial charge on any atom is 0.522 e. The van der Waals surface area contributed by atoms with Crippen molar-refractivity contribution in [2.75, 3.05) is 50.8 Å². The highest BCUT2D eigenvalue weighted by Gasteiger charge is 2.44. The summed E-state index contributed by atoms with van der Waals surface area (Å²) in [6.07, 6.45) is 1.25. The summed E-state index contributed by atoms with van der Waals surface area (Å²) in [5.41, 5.74) is -4.68. The summed E-state index contributed by atoms with van der Waals surface area (Å²) in [6, 6.07) is 9.89. The van der Waals surface area contributed by atoms with E-state index in [0.717, 1.165) is 31.5 Å². The molecule has 0 saturated carbocycles. The first kappa shape index (κ1) is 36.9. The van der Waals surface area contributed by atoms with E-state index in [0.29, 0.717) is 11.6 Å². The van der Waals surface area contributed by atoms with Crippen LogP contribution in [0.3, 0.4) is 0 Å². The topological polar surface area (TPSA) is 200 Å². The predicted octanol–water partition coefficient (Wildman–Crippen LogP) is 2.40. The van der Waals surface area contributed by atoms with Crippen LogP contribution in [0.15, 0.2) is 36.4 Å². The van der Waals surface area contributed by atoms with Crippen LogP contribution in [0.2, 0.25) is 0 Å². The Balaban J connectivity index is 0.000000665. The molecular formula is C28H35F3N6O9S. The van der Waals surface area contributed by atoms with Gasteiger partial charge in [-0.25, -0.2) is 14.8 Å². The molecule has 1 aromatic heterocycles. The van der Waals surface area contributed by atoms with E-state index in [-0.39, 0.29) is 51.3 Å². The van der Waals surface area contributed by atoms with Gasteiger partial charge in [-0.05, 0) is 26.2 Å². The van der Waals surface area contributed by atoms with Crippen molar-refractivity contribution in [3.8, 4) is 11.4 Å². The summed E-state index contributed by atoms with van der Waals surface area (Å²) in [5.74, 6) is -1.02. The number of anilines is 1. The van der Waals surface area contributed by atoms with Crippen LogP contribution < -0.4 is 10.2 Å². The summed E-state index contributed by atoms with van der Waals surface area (Å²) in [5, 5.41) is 12.0. The van der Waals surface area contributed by atoms with Crippen LogP contribution in [0.25, 0.3) is 11.4 Å². The number of aliphatic carboxylic acids is 1. The molecule has 2 saturated heterocycles. The van der Waals surface area contributed by atoms with Gasteiger partial charge in [0.1, 0.15) is 17.6 Å². The number of ether oxygens (including phenoxy) is 1. The average Bonchev–Trinajstić information content (AvgIpc) is 3.58. The number of hydrogen-bond acceptors (Lipinski definition) is 10. The monoisotopic (exact) mass is 688 g/mol. The van der Waals surface area contributed by atoms with Gasteiger partial charge in [-0.1, -0.05) is 30.3 Å². The van der Waals surface area contributed by atoms with Gasteiger partial charge in [-0.15, -0.1) is 0 Å². The molecule has 0 radical (unpaired) electrons. The predicted molar refractivity (Wildman–Crippen MR) is 160 cm³/mol. The fourth-order valence-electron chi connectivity index (χ4n) is 4.68. The van der Waals surface area contributed by atoms with E-state index in [1.54, 1.807) is 13.0 Å². The number of rotatable bonds is 9. The molecule has 15 nitrogen and oxygen atoms in total. The molecule has 2 aliphatic rings. The number of amides is 3. The largest absolute Gasteiger partial charge is 0.522 e. The number of hydrogen-bond donors (Lipinski definition) is 3. The van der Waals surface area contributed by atoms with E-state index in [1.165, 1.54) is 9.80 Å². The molecule has 47 heavy (non-hydrogen) atoms. The van der Waals surface area contributed by atoms with E-state index in [2.05, 4.69) is 20.2 Å². The summed E-state index contributed by atoms with van der Waals surface area (Å²) in [4.78, 5) is 64.5. The van der Waals surface area contributed by atoms with Gasteiger partial charge in [-0.3, -0.25) is 18.9 Å². The number of halogens is 3. The van der Waals surface area contributed by atoms with Gasteiger partial charge >= 0.3 is 27.7 Å². The molecule has 2 fully saturated rings.